The third-order valence-corrected chi connectivity index (χ3v) is 3.70. The van der Waals surface area contributed by atoms with Gasteiger partial charge in [-0.25, -0.2) is 8.32 Å². The van der Waals surface area contributed by atoms with Crippen LogP contribution in [-0.2, 0) is 6.61 Å². The molecule has 2 unspecified atom stereocenters. The van der Waals surface area contributed by atoms with Gasteiger partial charge in [0.15, 0.2) is 0 Å². The predicted molar refractivity (Wildman–Crippen MR) is 65.1 cm³/mol. The van der Waals surface area contributed by atoms with Gasteiger partial charge < -0.3 is 5.11 Å². The van der Waals surface area contributed by atoms with Crippen molar-refractivity contribution in [2.24, 2.45) is 0 Å². The minimum atomic E-state index is -0.845. The molecule has 0 bridgehead atoms. The highest BCUT2D eigenvalue weighted by Crippen LogP contribution is 2.31. The van der Waals surface area contributed by atoms with Gasteiger partial charge in [-0.15, -0.1) is 0 Å². The first-order chi connectivity index (χ1) is 7.70. The molecular weight excluding hydrogens is 273 g/mol. The Labute approximate surface area is 103 Å². The number of rotatable bonds is 2. The molecule has 0 spiro atoms. The Morgan fingerprint density at radius 2 is 2.31 bits per heavy atom. The van der Waals surface area contributed by atoms with Crippen LogP contribution in [0, 0.1) is 0 Å². The van der Waals surface area contributed by atoms with Crippen molar-refractivity contribution in [1.29, 1.82) is 0 Å². The average Bonchev–Trinajstić information content (AvgIpc) is 2.29. The van der Waals surface area contributed by atoms with Crippen LogP contribution in [0.2, 0.25) is 0 Å². The van der Waals surface area contributed by atoms with Gasteiger partial charge in [-0.2, -0.15) is 0 Å². The van der Waals surface area contributed by atoms with Gasteiger partial charge in [-0.1, -0.05) is 24.3 Å². The van der Waals surface area contributed by atoms with Crippen molar-refractivity contribution in [2.45, 2.75) is 25.1 Å². The number of halogens is 2. The summed E-state index contributed by atoms with van der Waals surface area (Å²) in [6.45, 7) is 1.30. The number of benzene rings is 1. The first kappa shape index (κ1) is 12.0. The summed E-state index contributed by atoms with van der Waals surface area (Å²) in [5, 5.41) is 9.06. The number of hydrogen-bond donors (Lipinski definition) is 1. The van der Waals surface area contributed by atoms with Crippen molar-refractivity contribution in [2.75, 3.05) is 13.1 Å². The van der Waals surface area contributed by atoms with Gasteiger partial charge in [0.05, 0.1) is 6.61 Å². The third-order valence-electron chi connectivity index (χ3n) is 3.05. The summed E-state index contributed by atoms with van der Waals surface area (Å²) in [7, 11) is 0. The highest BCUT2D eigenvalue weighted by molar-refractivity contribution is 9.07. The number of piperidine rings is 1. The molecule has 0 aromatic heterocycles. The number of aliphatic hydroxyl groups excluding tert-OH is 1. The van der Waals surface area contributed by atoms with Crippen molar-refractivity contribution in [1.82, 2.24) is 3.93 Å². The van der Waals surface area contributed by atoms with Crippen LogP contribution in [0.25, 0.3) is 0 Å². The molecule has 88 valence electrons. The van der Waals surface area contributed by atoms with Crippen LogP contribution in [0.15, 0.2) is 24.3 Å². The molecule has 0 radical (unpaired) electrons. The van der Waals surface area contributed by atoms with E-state index in [1.54, 1.807) is 0 Å². The fourth-order valence-electron chi connectivity index (χ4n) is 2.17. The minimum Gasteiger partial charge on any atom is -0.392 e. The molecule has 0 aliphatic carbocycles. The van der Waals surface area contributed by atoms with Crippen LogP contribution in [-0.4, -0.2) is 28.3 Å². The van der Waals surface area contributed by atoms with Crippen molar-refractivity contribution in [3.8, 4) is 0 Å². The summed E-state index contributed by atoms with van der Waals surface area (Å²) < 4.78 is 15.7. The molecule has 16 heavy (non-hydrogen) atoms. The molecule has 2 atom stereocenters. The Morgan fingerprint density at radius 1 is 1.50 bits per heavy atom. The van der Waals surface area contributed by atoms with E-state index >= 15 is 0 Å². The molecule has 4 heteroatoms. The van der Waals surface area contributed by atoms with Gasteiger partial charge in [0.1, 0.15) is 6.17 Å². The number of hydrogen-bond acceptors (Lipinski definition) is 2. The molecule has 1 saturated heterocycles. The monoisotopic (exact) mass is 287 g/mol. The molecule has 0 amide bonds. The third kappa shape index (κ3) is 2.62. The van der Waals surface area contributed by atoms with Gasteiger partial charge >= 0.3 is 0 Å². The molecule has 1 fully saturated rings. The molecule has 1 N–H and O–H groups in total. The summed E-state index contributed by atoms with van der Waals surface area (Å²) in [5.74, 6) is -0.0414. The van der Waals surface area contributed by atoms with Gasteiger partial charge in [-0.3, -0.25) is 0 Å². The van der Waals surface area contributed by atoms with Crippen LogP contribution in [0.4, 0.5) is 4.39 Å². The predicted octanol–water partition coefficient (Wildman–Crippen LogP) is 2.62. The fraction of sp³-hybridized carbons (Fsp3) is 0.500. The van der Waals surface area contributed by atoms with Gasteiger partial charge in [0.2, 0.25) is 0 Å². The zero-order valence-corrected chi connectivity index (χ0v) is 10.5. The van der Waals surface area contributed by atoms with Crippen molar-refractivity contribution in [3.05, 3.63) is 35.4 Å². The SMILES string of the molecule is OCc1cccc(C2CCN(Br)CC2F)c1. The lowest BCUT2D eigenvalue weighted by atomic mass is 9.88. The van der Waals surface area contributed by atoms with E-state index in [-0.39, 0.29) is 12.5 Å². The lowest BCUT2D eigenvalue weighted by Gasteiger charge is -2.31. The zero-order valence-electron chi connectivity index (χ0n) is 8.94. The first-order valence-electron chi connectivity index (χ1n) is 5.45. The molecular formula is C12H15BrFNO. The van der Waals surface area contributed by atoms with E-state index in [2.05, 4.69) is 16.1 Å². The van der Waals surface area contributed by atoms with E-state index in [4.69, 9.17) is 5.11 Å². The van der Waals surface area contributed by atoms with E-state index in [0.717, 1.165) is 24.1 Å². The molecule has 1 aromatic rings. The van der Waals surface area contributed by atoms with Gasteiger partial charge in [0, 0.05) is 35.2 Å². The van der Waals surface area contributed by atoms with E-state index in [0.29, 0.717) is 6.54 Å². The van der Waals surface area contributed by atoms with E-state index < -0.39 is 6.17 Å². The number of nitrogens with zero attached hydrogens (tertiary/aromatic N) is 1. The first-order valence-corrected chi connectivity index (χ1v) is 6.16. The van der Waals surface area contributed by atoms with Crippen LogP contribution >= 0.6 is 16.1 Å². The van der Waals surface area contributed by atoms with Crippen LogP contribution in [0.1, 0.15) is 23.5 Å². The van der Waals surface area contributed by atoms with E-state index in [1.165, 1.54) is 0 Å². The summed E-state index contributed by atoms with van der Waals surface area (Å²) in [4.78, 5) is 0. The normalized spacial score (nSPS) is 26.9. The number of alkyl halides is 1. The van der Waals surface area contributed by atoms with E-state index in [9.17, 15) is 4.39 Å². The molecule has 0 saturated carbocycles. The summed E-state index contributed by atoms with van der Waals surface area (Å²) in [5.41, 5.74) is 1.85. The topological polar surface area (TPSA) is 23.5 Å². The Bertz CT molecular complexity index is 361. The molecule has 1 heterocycles. The quantitative estimate of drug-likeness (QED) is 0.846. The standard InChI is InChI=1S/C12H15BrFNO/c13-15-5-4-11(12(14)7-15)10-3-1-2-9(6-10)8-16/h1-3,6,11-12,16H,4-5,7-8H2. The molecule has 1 aliphatic heterocycles. The highest BCUT2D eigenvalue weighted by atomic mass is 79.9. The molecule has 2 rings (SSSR count). The number of aliphatic hydroxyl groups is 1. The smallest absolute Gasteiger partial charge is 0.121 e. The second kappa shape index (κ2) is 5.25. The molecule has 2 nitrogen and oxygen atoms in total. The summed E-state index contributed by atoms with van der Waals surface area (Å²) >= 11 is 3.31. The maximum absolute atomic E-state index is 13.9. The van der Waals surface area contributed by atoms with Crippen molar-refractivity contribution in [3.63, 3.8) is 0 Å². The summed E-state index contributed by atoms with van der Waals surface area (Å²) in [6.07, 6.45) is -0.0385. The fourth-order valence-corrected chi connectivity index (χ4v) is 2.65. The average molecular weight is 288 g/mol. The Hall–Kier alpha value is -0.450. The zero-order chi connectivity index (χ0) is 11.5. The van der Waals surface area contributed by atoms with E-state index in [1.807, 2.05) is 28.2 Å². The van der Waals surface area contributed by atoms with Crippen LogP contribution in [0.5, 0.6) is 0 Å². The highest BCUT2D eigenvalue weighted by Gasteiger charge is 2.29. The maximum atomic E-state index is 13.9. The van der Waals surface area contributed by atoms with Crippen molar-refractivity contribution >= 4 is 16.1 Å². The minimum absolute atomic E-state index is 0.0160. The Balaban J connectivity index is 2.16. The second-order valence-electron chi connectivity index (χ2n) is 4.18. The Morgan fingerprint density at radius 3 is 3.00 bits per heavy atom. The maximum Gasteiger partial charge on any atom is 0.121 e. The molecule has 1 aromatic carbocycles. The van der Waals surface area contributed by atoms with Gasteiger partial charge in [-0.05, 0) is 17.5 Å². The van der Waals surface area contributed by atoms with Gasteiger partial charge in [0.25, 0.3) is 0 Å². The Kier molecular flexibility index (Phi) is 3.95. The largest absolute Gasteiger partial charge is 0.392 e. The lowest BCUT2D eigenvalue weighted by molar-refractivity contribution is 0.187. The second-order valence-corrected chi connectivity index (χ2v) is 5.19. The van der Waals surface area contributed by atoms with Crippen LogP contribution in [0.3, 0.4) is 0 Å². The molecule has 1 aliphatic rings. The van der Waals surface area contributed by atoms with Crippen molar-refractivity contribution < 1.29 is 9.50 Å². The van der Waals surface area contributed by atoms with Crippen LogP contribution < -0.4 is 0 Å². The summed E-state index contributed by atoms with van der Waals surface area (Å²) in [6, 6.07) is 7.59. The lowest BCUT2D eigenvalue weighted by Crippen LogP contribution is -2.35.